The fourth-order valence-corrected chi connectivity index (χ4v) is 2.35. The van der Waals surface area contributed by atoms with Gasteiger partial charge in [0.15, 0.2) is 0 Å². The molecule has 0 rings (SSSR count). The fraction of sp³-hybridized carbons (Fsp3) is 0.933. The molecular formula is C15H33N3O. The van der Waals surface area contributed by atoms with Gasteiger partial charge in [0.2, 0.25) is 5.91 Å². The van der Waals surface area contributed by atoms with Crippen molar-refractivity contribution in [3.05, 3.63) is 0 Å². The van der Waals surface area contributed by atoms with Crippen LogP contribution >= 0.6 is 0 Å². The van der Waals surface area contributed by atoms with Crippen LogP contribution in [0.4, 0.5) is 0 Å². The number of primary amides is 1. The van der Waals surface area contributed by atoms with Crippen molar-refractivity contribution in [1.82, 2.24) is 10.2 Å². The van der Waals surface area contributed by atoms with E-state index in [0.717, 1.165) is 25.9 Å². The van der Waals surface area contributed by atoms with E-state index >= 15 is 0 Å². The summed E-state index contributed by atoms with van der Waals surface area (Å²) in [5, 5.41) is 3.29. The predicted octanol–water partition coefficient (Wildman–Crippen LogP) is 2.13. The molecule has 0 bridgehead atoms. The maximum atomic E-state index is 11.6. The summed E-state index contributed by atoms with van der Waals surface area (Å²) in [6.45, 7) is 10.4. The number of unbranched alkanes of at least 4 members (excludes halogenated alkanes) is 2. The SMILES string of the molecule is CCCCCN(C)CCCC(C)(NC(C)C)C(N)=O. The van der Waals surface area contributed by atoms with Crippen LogP contribution in [0.15, 0.2) is 0 Å². The van der Waals surface area contributed by atoms with Crippen LogP contribution in [-0.2, 0) is 4.79 Å². The molecule has 0 aliphatic heterocycles. The Bertz CT molecular complexity index is 256. The highest BCUT2D eigenvalue weighted by Gasteiger charge is 2.30. The minimum Gasteiger partial charge on any atom is -0.368 e. The Hall–Kier alpha value is -0.610. The molecule has 1 amide bonds. The third-order valence-corrected chi connectivity index (χ3v) is 3.51. The molecule has 0 aliphatic carbocycles. The van der Waals surface area contributed by atoms with E-state index in [2.05, 4.69) is 24.2 Å². The molecule has 1 unspecified atom stereocenters. The van der Waals surface area contributed by atoms with E-state index in [0.29, 0.717) is 0 Å². The first-order chi connectivity index (χ1) is 8.81. The number of amides is 1. The van der Waals surface area contributed by atoms with Crippen molar-refractivity contribution in [2.45, 2.75) is 71.4 Å². The standard InChI is InChI=1S/C15H33N3O/c1-6-7-8-11-18(5)12-9-10-15(4,14(16)19)17-13(2)3/h13,17H,6-12H2,1-5H3,(H2,16,19). The van der Waals surface area contributed by atoms with E-state index < -0.39 is 5.54 Å². The molecule has 0 heterocycles. The molecule has 0 saturated carbocycles. The average Bonchev–Trinajstić information content (AvgIpc) is 2.28. The van der Waals surface area contributed by atoms with E-state index in [1.165, 1.54) is 19.3 Å². The highest BCUT2D eigenvalue weighted by atomic mass is 16.1. The van der Waals surface area contributed by atoms with Crippen molar-refractivity contribution < 1.29 is 4.79 Å². The molecule has 0 radical (unpaired) electrons. The van der Waals surface area contributed by atoms with Gasteiger partial charge in [0.25, 0.3) is 0 Å². The second-order valence-electron chi connectivity index (χ2n) is 6.11. The van der Waals surface area contributed by atoms with Gasteiger partial charge in [0.1, 0.15) is 0 Å². The zero-order chi connectivity index (χ0) is 14.9. The van der Waals surface area contributed by atoms with Gasteiger partial charge < -0.3 is 16.0 Å². The molecule has 0 aromatic rings. The molecule has 0 aliphatic rings. The van der Waals surface area contributed by atoms with Crippen molar-refractivity contribution >= 4 is 5.91 Å². The number of rotatable bonds is 11. The van der Waals surface area contributed by atoms with Gasteiger partial charge >= 0.3 is 0 Å². The Balaban J connectivity index is 4.02. The van der Waals surface area contributed by atoms with Crippen LogP contribution < -0.4 is 11.1 Å². The monoisotopic (exact) mass is 271 g/mol. The average molecular weight is 271 g/mol. The molecule has 1 atom stereocenters. The molecule has 0 aromatic carbocycles. The zero-order valence-electron chi connectivity index (χ0n) is 13.5. The lowest BCUT2D eigenvalue weighted by Crippen LogP contribution is -2.55. The third kappa shape index (κ3) is 8.22. The van der Waals surface area contributed by atoms with Crippen LogP contribution in [0.1, 0.15) is 59.8 Å². The van der Waals surface area contributed by atoms with Gasteiger partial charge in [-0.15, -0.1) is 0 Å². The number of nitrogens with one attached hydrogen (secondary N) is 1. The number of nitrogens with two attached hydrogens (primary N) is 1. The van der Waals surface area contributed by atoms with Crippen molar-refractivity contribution in [1.29, 1.82) is 0 Å². The van der Waals surface area contributed by atoms with Crippen LogP contribution in [0.3, 0.4) is 0 Å². The molecule has 114 valence electrons. The van der Waals surface area contributed by atoms with Crippen LogP contribution in [0.2, 0.25) is 0 Å². The Morgan fingerprint density at radius 2 is 1.84 bits per heavy atom. The van der Waals surface area contributed by atoms with Gasteiger partial charge in [-0.1, -0.05) is 19.8 Å². The van der Waals surface area contributed by atoms with Gasteiger partial charge in [-0.3, -0.25) is 4.79 Å². The Labute approximate surface area is 119 Å². The Morgan fingerprint density at radius 1 is 1.26 bits per heavy atom. The molecule has 0 aromatic heterocycles. The summed E-state index contributed by atoms with van der Waals surface area (Å²) in [5.41, 5.74) is 4.93. The highest BCUT2D eigenvalue weighted by Crippen LogP contribution is 2.13. The predicted molar refractivity (Wildman–Crippen MR) is 82.1 cm³/mol. The molecular weight excluding hydrogens is 238 g/mol. The topological polar surface area (TPSA) is 58.4 Å². The first kappa shape index (κ1) is 18.4. The van der Waals surface area contributed by atoms with Gasteiger partial charge in [0.05, 0.1) is 5.54 Å². The summed E-state index contributed by atoms with van der Waals surface area (Å²) in [4.78, 5) is 13.9. The second-order valence-corrected chi connectivity index (χ2v) is 6.11. The van der Waals surface area contributed by atoms with Crippen molar-refractivity contribution in [2.24, 2.45) is 5.73 Å². The molecule has 4 nitrogen and oxygen atoms in total. The first-order valence-electron chi connectivity index (χ1n) is 7.58. The van der Waals surface area contributed by atoms with Gasteiger partial charge in [0, 0.05) is 6.04 Å². The smallest absolute Gasteiger partial charge is 0.237 e. The number of carbonyl (C=O) groups excluding carboxylic acids is 1. The molecule has 3 N–H and O–H groups in total. The van der Waals surface area contributed by atoms with Gasteiger partial charge in [-0.05, 0) is 60.2 Å². The number of hydrogen-bond acceptors (Lipinski definition) is 3. The summed E-state index contributed by atoms with van der Waals surface area (Å²) in [6, 6.07) is 0.264. The summed E-state index contributed by atoms with van der Waals surface area (Å²) >= 11 is 0. The van der Waals surface area contributed by atoms with E-state index in [9.17, 15) is 4.79 Å². The highest BCUT2D eigenvalue weighted by molar-refractivity contribution is 5.84. The van der Waals surface area contributed by atoms with Crippen LogP contribution in [-0.4, -0.2) is 42.5 Å². The normalized spacial score (nSPS) is 14.9. The molecule has 0 fully saturated rings. The largest absolute Gasteiger partial charge is 0.368 e. The maximum absolute atomic E-state index is 11.6. The van der Waals surface area contributed by atoms with E-state index in [4.69, 9.17) is 5.73 Å². The minimum atomic E-state index is -0.585. The minimum absolute atomic E-state index is 0.255. The summed E-state index contributed by atoms with van der Waals surface area (Å²) in [5.74, 6) is -0.255. The van der Waals surface area contributed by atoms with E-state index in [1.807, 2.05) is 20.8 Å². The molecule has 4 heteroatoms. The number of hydrogen-bond donors (Lipinski definition) is 2. The second kappa shape index (κ2) is 9.32. The lowest BCUT2D eigenvalue weighted by atomic mass is 9.94. The van der Waals surface area contributed by atoms with Crippen molar-refractivity contribution in [2.75, 3.05) is 20.1 Å². The first-order valence-corrected chi connectivity index (χ1v) is 7.58. The Morgan fingerprint density at radius 3 is 2.32 bits per heavy atom. The van der Waals surface area contributed by atoms with E-state index in [-0.39, 0.29) is 11.9 Å². The third-order valence-electron chi connectivity index (χ3n) is 3.51. The lowest BCUT2D eigenvalue weighted by Gasteiger charge is -2.30. The maximum Gasteiger partial charge on any atom is 0.237 e. The van der Waals surface area contributed by atoms with Crippen molar-refractivity contribution in [3.8, 4) is 0 Å². The summed E-state index contributed by atoms with van der Waals surface area (Å²) in [6.07, 6.45) is 5.58. The number of nitrogens with zero attached hydrogens (tertiary/aromatic N) is 1. The zero-order valence-corrected chi connectivity index (χ0v) is 13.5. The van der Waals surface area contributed by atoms with Gasteiger partial charge in [-0.25, -0.2) is 0 Å². The van der Waals surface area contributed by atoms with E-state index in [1.54, 1.807) is 0 Å². The molecule has 19 heavy (non-hydrogen) atoms. The van der Waals surface area contributed by atoms with Crippen LogP contribution in [0.5, 0.6) is 0 Å². The Kier molecular flexibility index (Phi) is 9.02. The lowest BCUT2D eigenvalue weighted by molar-refractivity contribution is -0.124. The van der Waals surface area contributed by atoms with Crippen LogP contribution in [0, 0.1) is 0 Å². The molecule has 0 saturated heterocycles. The van der Waals surface area contributed by atoms with Gasteiger partial charge in [-0.2, -0.15) is 0 Å². The molecule has 0 spiro atoms. The fourth-order valence-electron chi connectivity index (χ4n) is 2.35. The summed E-state index contributed by atoms with van der Waals surface area (Å²) in [7, 11) is 2.15. The van der Waals surface area contributed by atoms with Crippen molar-refractivity contribution in [3.63, 3.8) is 0 Å². The quantitative estimate of drug-likeness (QED) is 0.566. The summed E-state index contributed by atoms with van der Waals surface area (Å²) < 4.78 is 0. The number of carbonyl (C=O) groups is 1. The van der Waals surface area contributed by atoms with Crippen LogP contribution in [0.25, 0.3) is 0 Å².